The van der Waals surface area contributed by atoms with Gasteiger partial charge in [-0.1, -0.05) is 0 Å². The first-order chi connectivity index (χ1) is 23.0. The summed E-state index contributed by atoms with van der Waals surface area (Å²) in [4.78, 5) is 0. The molecule has 0 aromatic carbocycles. The second-order valence-electron chi connectivity index (χ2n) is 13.0. The molecule has 49 heavy (non-hydrogen) atoms. The van der Waals surface area contributed by atoms with Crippen LogP contribution in [0.4, 0.5) is 0 Å². The maximum atomic E-state index is 11.1. The van der Waals surface area contributed by atoms with Gasteiger partial charge in [0.1, 0.15) is 91.6 Å². The van der Waals surface area contributed by atoms with Crippen molar-refractivity contribution in [2.75, 3.05) is 13.2 Å². The van der Waals surface area contributed by atoms with Crippen molar-refractivity contribution >= 4 is 0 Å². The molecule has 5 aliphatic rings. The van der Waals surface area contributed by atoms with Gasteiger partial charge in [0.15, 0.2) is 31.5 Å². The smallest absolute Gasteiger partial charge is 0.187 e. The molecule has 0 aromatic heterocycles. The lowest BCUT2D eigenvalue weighted by atomic mass is 9.96. The average Bonchev–Trinajstić information content (AvgIpc) is 3.05. The summed E-state index contributed by atoms with van der Waals surface area (Å²) in [5.74, 6) is 0. The lowest BCUT2D eigenvalue weighted by molar-refractivity contribution is -0.385. The van der Waals surface area contributed by atoms with Crippen LogP contribution in [0.1, 0.15) is 20.8 Å². The van der Waals surface area contributed by atoms with Crippen molar-refractivity contribution in [2.45, 2.75) is 162 Å². The Kier molecular flexibility index (Phi) is 12.9. The van der Waals surface area contributed by atoms with Gasteiger partial charge < -0.3 is 104 Å². The van der Waals surface area contributed by atoms with E-state index in [1.807, 2.05) is 0 Å². The van der Waals surface area contributed by atoms with Crippen LogP contribution in [0.5, 0.6) is 0 Å². The van der Waals surface area contributed by atoms with Crippen LogP contribution >= 0.6 is 0 Å². The van der Waals surface area contributed by atoms with Crippen molar-refractivity contribution in [3.8, 4) is 0 Å². The first-order valence-electron chi connectivity index (χ1n) is 16.0. The molecule has 0 bridgehead atoms. The summed E-state index contributed by atoms with van der Waals surface area (Å²) < 4.78 is 49.8. The van der Waals surface area contributed by atoms with Gasteiger partial charge in [0.05, 0.1) is 31.5 Å². The predicted molar refractivity (Wildman–Crippen MR) is 150 cm³/mol. The molecule has 0 aliphatic carbocycles. The largest absolute Gasteiger partial charge is 0.388 e. The van der Waals surface area contributed by atoms with Crippen LogP contribution in [-0.2, 0) is 42.6 Å². The highest BCUT2D eigenvalue weighted by Gasteiger charge is 2.54. The van der Waals surface area contributed by atoms with E-state index in [0.29, 0.717) is 0 Å². The Bertz CT molecular complexity index is 1060. The van der Waals surface area contributed by atoms with E-state index in [9.17, 15) is 61.3 Å². The molecule has 286 valence electrons. The van der Waals surface area contributed by atoms with Gasteiger partial charge in [-0.15, -0.1) is 0 Å². The number of hydrogen-bond acceptors (Lipinski definition) is 21. The Balaban J connectivity index is 1.20. The van der Waals surface area contributed by atoms with Crippen LogP contribution in [0, 0.1) is 0 Å². The van der Waals surface area contributed by atoms with E-state index in [2.05, 4.69) is 0 Å². The third-order valence-electron chi connectivity index (χ3n) is 9.40. The molecule has 0 saturated carbocycles. The molecule has 5 rings (SSSR count). The molecule has 12 N–H and O–H groups in total. The summed E-state index contributed by atoms with van der Waals surface area (Å²) >= 11 is 0. The third-order valence-corrected chi connectivity index (χ3v) is 9.40. The molecule has 5 aliphatic heterocycles. The van der Waals surface area contributed by atoms with Crippen LogP contribution in [-0.4, -0.2) is 216 Å². The lowest BCUT2D eigenvalue weighted by Gasteiger charge is -2.48. The van der Waals surface area contributed by atoms with Gasteiger partial charge in [-0.05, 0) is 20.8 Å². The van der Waals surface area contributed by atoms with E-state index in [-0.39, 0.29) is 0 Å². The van der Waals surface area contributed by atoms with E-state index < -0.39 is 155 Å². The Morgan fingerprint density at radius 2 is 0.816 bits per heavy atom. The van der Waals surface area contributed by atoms with Crippen LogP contribution in [0.15, 0.2) is 0 Å². The Hall–Kier alpha value is -0.840. The molecule has 21 heteroatoms. The fourth-order valence-electron chi connectivity index (χ4n) is 6.36. The zero-order valence-electron chi connectivity index (χ0n) is 26.7. The molecule has 0 amide bonds. The number of aliphatic hydroxyl groups excluding tert-OH is 12. The zero-order valence-corrected chi connectivity index (χ0v) is 26.7. The van der Waals surface area contributed by atoms with Crippen molar-refractivity contribution in [1.29, 1.82) is 0 Å². The Labute approximate surface area is 279 Å². The maximum Gasteiger partial charge on any atom is 0.187 e. The first-order valence-corrected chi connectivity index (χ1v) is 16.0. The predicted octanol–water partition coefficient (Wildman–Crippen LogP) is -7.56. The van der Waals surface area contributed by atoms with Crippen molar-refractivity contribution in [2.24, 2.45) is 0 Å². The van der Waals surface area contributed by atoms with Crippen LogP contribution in [0.2, 0.25) is 0 Å². The third kappa shape index (κ3) is 8.07. The number of hydrogen-bond donors (Lipinski definition) is 12. The molecule has 0 aromatic rings. The molecule has 5 heterocycles. The average molecular weight is 721 g/mol. The number of aliphatic hydroxyl groups is 12. The summed E-state index contributed by atoms with van der Waals surface area (Å²) in [7, 11) is 0. The second kappa shape index (κ2) is 16.0. The summed E-state index contributed by atoms with van der Waals surface area (Å²) in [6.07, 6.45) is -35.2. The quantitative estimate of drug-likeness (QED) is 0.111. The molecular formula is C28H48O21. The topological polar surface area (TPSA) is 326 Å². The summed E-state index contributed by atoms with van der Waals surface area (Å²) in [6, 6.07) is 0. The van der Waals surface area contributed by atoms with Crippen molar-refractivity contribution in [1.82, 2.24) is 0 Å². The number of rotatable bonds is 8. The number of ether oxygens (including phenoxy) is 9. The van der Waals surface area contributed by atoms with E-state index >= 15 is 0 Å². The van der Waals surface area contributed by atoms with E-state index in [1.54, 1.807) is 0 Å². The highest BCUT2D eigenvalue weighted by molar-refractivity contribution is 4.96. The standard InChI is InChI=1S/C28H48O21/c1-6-11(31)13(33)16(36)27(44-6)49-23-18(38)21(7(2)43-24(23)40)47-28-17(37)14(34)20(8(3)45-28)46-26-19(39)22(10(30)5-42-26)48-25-15(35)12(32)9(29)4-41-25/h6-40H,4-5H2,1-3H3/t6-,7-,8+,9-,10-,11-,12+,13+,14+,15-,16-,17-,18+,19-,20+,21+,22+,23-,24-,25+,26+,27+,28+/m1/s1. The minimum absolute atomic E-state index is 0.397. The molecule has 5 fully saturated rings. The van der Waals surface area contributed by atoms with E-state index in [0.717, 1.165) is 0 Å². The van der Waals surface area contributed by atoms with Crippen LogP contribution in [0.3, 0.4) is 0 Å². The summed E-state index contributed by atoms with van der Waals surface area (Å²) in [6.45, 7) is 3.43. The fourth-order valence-corrected chi connectivity index (χ4v) is 6.36. The maximum absolute atomic E-state index is 11.1. The van der Waals surface area contributed by atoms with Gasteiger partial charge in [-0.2, -0.15) is 0 Å². The van der Waals surface area contributed by atoms with E-state index in [4.69, 9.17) is 42.6 Å². The molecule has 21 nitrogen and oxygen atoms in total. The minimum atomic E-state index is -1.84. The monoisotopic (exact) mass is 720 g/mol. The van der Waals surface area contributed by atoms with Crippen molar-refractivity contribution in [3.63, 3.8) is 0 Å². The summed E-state index contributed by atoms with van der Waals surface area (Å²) in [5, 5.41) is 125. The van der Waals surface area contributed by atoms with Gasteiger partial charge in [0, 0.05) is 0 Å². The highest BCUT2D eigenvalue weighted by Crippen LogP contribution is 2.34. The fraction of sp³-hybridized carbons (Fsp3) is 1.00. The lowest BCUT2D eigenvalue weighted by Crippen LogP contribution is -2.66. The Morgan fingerprint density at radius 1 is 0.367 bits per heavy atom. The minimum Gasteiger partial charge on any atom is -0.388 e. The van der Waals surface area contributed by atoms with Crippen molar-refractivity contribution in [3.05, 3.63) is 0 Å². The molecule has 0 radical (unpaired) electrons. The molecular weight excluding hydrogens is 672 g/mol. The molecule has 23 atom stereocenters. The van der Waals surface area contributed by atoms with Gasteiger partial charge in [-0.25, -0.2) is 0 Å². The van der Waals surface area contributed by atoms with Crippen molar-refractivity contribution < 1.29 is 104 Å². The molecule has 0 spiro atoms. The zero-order chi connectivity index (χ0) is 36.1. The molecule has 5 saturated heterocycles. The highest BCUT2D eigenvalue weighted by atomic mass is 16.8. The van der Waals surface area contributed by atoms with Crippen LogP contribution < -0.4 is 0 Å². The van der Waals surface area contributed by atoms with Crippen LogP contribution in [0.25, 0.3) is 0 Å². The second-order valence-corrected chi connectivity index (χ2v) is 13.0. The normalized spacial score (nSPS) is 56.0. The first kappa shape index (κ1) is 39.4. The molecule has 0 unspecified atom stereocenters. The van der Waals surface area contributed by atoms with Gasteiger partial charge in [0.25, 0.3) is 0 Å². The Morgan fingerprint density at radius 3 is 1.47 bits per heavy atom. The van der Waals surface area contributed by atoms with Gasteiger partial charge in [-0.3, -0.25) is 0 Å². The van der Waals surface area contributed by atoms with Gasteiger partial charge >= 0.3 is 0 Å². The summed E-state index contributed by atoms with van der Waals surface area (Å²) in [5.41, 5.74) is 0. The van der Waals surface area contributed by atoms with Gasteiger partial charge in [0.2, 0.25) is 0 Å². The SMILES string of the molecule is C[C@@H]1O[C@@H](O[C@@H]2[C@H](O)[C@@H](O[C@@H]3O[C@H](C)[C@@H](O)[C@H](O)[C@H]3O)[C@H](O)O[C@@H]2C)[C@H](O)[C@H](O)[C@H]1O[C@@H]1OC[C@@H](O)[C@H](O[C@@H]2OC[C@@H](O)[C@H](O)[C@H]2O)[C@H]1O. The van der Waals surface area contributed by atoms with E-state index in [1.165, 1.54) is 20.8 Å².